The number of hydrogen-bond donors (Lipinski definition) is 3. The number of sulfonamides is 1. The number of aromatic nitrogens is 1. The van der Waals surface area contributed by atoms with E-state index in [1.807, 2.05) is 6.07 Å². The summed E-state index contributed by atoms with van der Waals surface area (Å²) in [6, 6.07) is 11.9. The van der Waals surface area contributed by atoms with Crippen molar-refractivity contribution in [3.63, 3.8) is 0 Å². The van der Waals surface area contributed by atoms with Gasteiger partial charge in [0, 0.05) is 17.1 Å². The molecule has 1 atom stereocenters. The fraction of sp³-hybridized carbons (Fsp3) is 0.208. The molecule has 1 amide bonds. The molecule has 0 aliphatic rings. The standard InChI is InChI=1S/C24H21F3N4O5S/c1-14(32)13-31(19-5-3-4-17(10-19)24(25,26)27)23(34)20-11-21(15(2)29-22(20)33)37(35,36)30-18-8-6-16(12-28)7-9-18/h3-11,14,30,32H,13H2,1-2H3,(H,29,33). The van der Waals surface area contributed by atoms with Crippen molar-refractivity contribution in [2.24, 2.45) is 0 Å². The Morgan fingerprint density at radius 1 is 1.19 bits per heavy atom. The predicted octanol–water partition coefficient (Wildman–Crippen LogP) is 3.40. The van der Waals surface area contributed by atoms with Gasteiger partial charge in [0.05, 0.1) is 29.8 Å². The van der Waals surface area contributed by atoms with Crippen LogP contribution >= 0.6 is 0 Å². The third-order valence-electron chi connectivity index (χ3n) is 5.15. The van der Waals surface area contributed by atoms with E-state index < -0.39 is 56.3 Å². The van der Waals surface area contributed by atoms with E-state index in [0.29, 0.717) is 11.6 Å². The first kappa shape index (κ1) is 27.4. The summed E-state index contributed by atoms with van der Waals surface area (Å²) in [6.07, 6.45) is -5.90. The molecule has 194 valence electrons. The van der Waals surface area contributed by atoms with Gasteiger partial charge in [0.15, 0.2) is 0 Å². The van der Waals surface area contributed by atoms with E-state index in [1.165, 1.54) is 44.2 Å². The normalized spacial score (nSPS) is 12.5. The quantitative estimate of drug-likeness (QED) is 0.424. The third kappa shape index (κ3) is 6.35. The van der Waals surface area contributed by atoms with Crippen molar-refractivity contribution in [2.75, 3.05) is 16.2 Å². The molecule has 13 heteroatoms. The van der Waals surface area contributed by atoms with Gasteiger partial charge in [-0.05, 0) is 62.4 Å². The summed E-state index contributed by atoms with van der Waals surface area (Å²) < 4.78 is 68.1. The zero-order valence-electron chi connectivity index (χ0n) is 19.5. The van der Waals surface area contributed by atoms with E-state index in [2.05, 4.69) is 9.71 Å². The number of rotatable bonds is 7. The SMILES string of the molecule is Cc1[nH]c(=O)c(C(=O)N(CC(C)O)c2cccc(C(F)(F)F)c2)cc1S(=O)(=O)Nc1ccc(C#N)cc1. The smallest absolute Gasteiger partial charge is 0.392 e. The molecule has 0 spiro atoms. The molecule has 0 radical (unpaired) electrons. The second-order valence-electron chi connectivity index (χ2n) is 8.11. The Hall–Kier alpha value is -4.15. The number of H-pyrrole nitrogens is 1. The number of nitrogens with one attached hydrogen (secondary N) is 2. The summed E-state index contributed by atoms with van der Waals surface area (Å²) in [5, 5.41) is 18.8. The first-order valence-electron chi connectivity index (χ1n) is 10.7. The highest BCUT2D eigenvalue weighted by Gasteiger charge is 2.32. The lowest BCUT2D eigenvalue weighted by Gasteiger charge is -2.25. The Morgan fingerprint density at radius 3 is 2.41 bits per heavy atom. The maximum Gasteiger partial charge on any atom is 0.416 e. The number of aliphatic hydroxyl groups is 1. The Labute approximate surface area is 209 Å². The summed E-state index contributed by atoms with van der Waals surface area (Å²) in [4.78, 5) is 28.6. The van der Waals surface area contributed by atoms with Crippen LogP contribution in [0.2, 0.25) is 0 Å². The van der Waals surface area contributed by atoms with Gasteiger partial charge in [0.2, 0.25) is 0 Å². The van der Waals surface area contributed by atoms with E-state index in [-0.39, 0.29) is 17.1 Å². The molecule has 2 aromatic carbocycles. The highest BCUT2D eigenvalue weighted by molar-refractivity contribution is 7.92. The molecule has 1 unspecified atom stereocenters. The van der Waals surface area contributed by atoms with Crippen LogP contribution in [0.5, 0.6) is 0 Å². The van der Waals surface area contributed by atoms with Gasteiger partial charge < -0.3 is 15.0 Å². The van der Waals surface area contributed by atoms with Gasteiger partial charge in [-0.15, -0.1) is 0 Å². The summed E-state index contributed by atoms with van der Waals surface area (Å²) in [5.41, 5.74) is -2.63. The number of halogens is 3. The molecule has 0 bridgehead atoms. The van der Waals surface area contributed by atoms with Crippen LogP contribution in [0.15, 0.2) is 64.3 Å². The number of benzene rings is 2. The van der Waals surface area contributed by atoms with Crippen LogP contribution in [-0.4, -0.2) is 37.1 Å². The summed E-state index contributed by atoms with van der Waals surface area (Å²) in [7, 11) is -4.35. The van der Waals surface area contributed by atoms with Crippen molar-refractivity contribution < 1.29 is 31.5 Å². The summed E-state index contributed by atoms with van der Waals surface area (Å²) >= 11 is 0. The van der Waals surface area contributed by atoms with E-state index >= 15 is 0 Å². The molecule has 3 aromatic rings. The fourth-order valence-electron chi connectivity index (χ4n) is 3.43. The molecule has 37 heavy (non-hydrogen) atoms. The molecule has 1 aromatic heterocycles. The third-order valence-corrected chi connectivity index (χ3v) is 6.66. The van der Waals surface area contributed by atoms with Crippen LogP contribution < -0.4 is 15.2 Å². The van der Waals surface area contributed by atoms with Crippen molar-refractivity contribution in [1.82, 2.24) is 4.98 Å². The Morgan fingerprint density at radius 2 is 1.84 bits per heavy atom. The lowest BCUT2D eigenvalue weighted by molar-refractivity contribution is -0.137. The van der Waals surface area contributed by atoms with E-state index in [4.69, 9.17) is 5.26 Å². The summed E-state index contributed by atoms with van der Waals surface area (Å²) in [5.74, 6) is -1.11. The molecule has 3 rings (SSSR count). The molecular formula is C24H21F3N4O5S. The lowest BCUT2D eigenvalue weighted by atomic mass is 10.1. The zero-order chi connectivity index (χ0) is 27.5. The molecule has 1 heterocycles. The molecule has 0 aliphatic carbocycles. The number of carbonyl (C=O) groups is 1. The van der Waals surface area contributed by atoms with Gasteiger partial charge in [-0.25, -0.2) is 8.42 Å². The van der Waals surface area contributed by atoms with Gasteiger partial charge in [0.1, 0.15) is 10.5 Å². The van der Waals surface area contributed by atoms with Gasteiger partial charge in [-0.1, -0.05) is 6.07 Å². The van der Waals surface area contributed by atoms with Crippen LogP contribution in [0.4, 0.5) is 24.5 Å². The van der Waals surface area contributed by atoms with Crippen LogP contribution in [-0.2, 0) is 16.2 Å². The Balaban J connectivity index is 2.06. The average molecular weight is 535 g/mol. The maximum absolute atomic E-state index is 13.3. The molecule has 0 saturated carbocycles. The Bertz CT molecular complexity index is 1530. The second-order valence-corrected chi connectivity index (χ2v) is 9.76. The van der Waals surface area contributed by atoms with Crippen LogP contribution in [0.25, 0.3) is 0 Å². The van der Waals surface area contributed by atoms with Crippen molar-refractivity contribution in [2.45, 2.75) is 31.0 Å². The molecule has 0 aliphatic heterocycles. The lowest BCUT2D eigenvalue weighted by Crippen LogP contribution is -2.39. The minimum absolute atomic E-state index is 0.0937. The molecule has 0 fully saturated rings. The van der Waals surface area contributed by atoms with Gasteiger partial charge in [-0.2, -0.15) is 18.4 Å². The highest BCUT2D eigenvalue weighted by Crippen LogP contribution is 2.32. The van der Waals surface area contributed by atoms with E-state index in [9.17, 15) is 36.3 Å². The number of pyridine rings is 1. The molecular weight excluding hydrogens is 513 g/mol. The van der Waals surface area contributed by atoms with E-state index in [1.54, 1.807) is 0 Å². The van der Waals surface area contributed by atoms with Crippen molar-refractivity contribution in [3.8, 4) is 6.07 Å². The number of anilines is 2. The number of aliphatic hydroxyl groups excluding tert-OH is 1. The minimum atomic E-state index is -4.71. The number of carbonyl (C=O) groups excluding carboxylic acids is 1. The van der Waals surface area contributed by atoms with Gasteiger partial charge in [-0.3, -0.25) is 14.3 Å². The second kappa shape index (κ2) is 10.5. The molecule has 9 nitrogen and oxygen atoms in total. The van der Waals surface area contributed by atoms with E-state index in [0.717, 1.165) is 23.1 Å². The molecule has 3 N–H and O–H groups in total. The van der Waals surface area contributed by atoms with Crippen LogP contribution in [0, 0.1) is 18.3 Å². The minimum Gasteiger partial charge on any atom is -0.392 e. The zero-order valence-corrected chi connectivity index (χ0v) is 20.3. The first-order chi connectivity index (χ1) is 17.2. The first-order valence-corrected chi connectivity index (χ1v) is 12.2. The largest absolute Gasteiger partial charge is 0.416 e. The monoisotopic (exact) mass is 534 g/mol. The maximum atomic E-state index is 13.3. The number of alkyl halides is 3. The van der Waals surface area contributed by atoms with Gasteiger partial charge >= 0.3 is 6.18 Å². The van der Waals surface area contributed by atoms with Gasteiger partial charge in [0.25, 0.3) is 21.5 Å². The fourth-order valence-corrected chi connectivity index (χ4v) is 4.71. The number of amides is 1. The average Bonchev–Trinajstić information content (AvgIpc) is 2.81. The highest BCUT2D eigenvalue weighted by atomic mass is 32.2. The molecule has 0 saturated heterocycles. The van der Waals surface area contributed by atoms with Crippen LogP contribution in [0.1, 0.15) is 34.1 Å². The Kier molecular flexibility index (Phi) is 7.75. The number of hydrogen-bond acceptors (Lipinski definition) is 6. The van der Waals surface area contributed by atoms with Crippen molar-refractivity contribution >= 4 is 27.3 Å². The van der Waals surface area contributed by atoms with Crippen molar-refractivity contribution in [1.29, 1.82) is 5.26 Å². The predicted molar refractivity (Wildman–Crippen MR) is 129 cm³/mol. The number of nitriles is 1. The number of nitrogens with zero attached hydrogens (tertiary/aromatic N) is 2. The van der Waals surface area contributed by atoms with Crippen LogP contribution in [0.3, 0.4) is 0 Å². The number of aromatic amines is 1. The van der Waals surface area contributed by atoms with Crippen molar-refractivity contribution in [3.05, 3.63) is 87.3 Å². The number of aryl methyl sites for hydroxylation is 1. The summed E-state index contributed by atoms with van der Waals surface area (Å²) in [6.45, 7) is 2.12. The topological polar surface area (TPSA) is 143 Å².